The summed E-state index contributed by atoms with van der Waals surface area (Å²) in [6, 6.07) is 0. The predicted molar refractivity (Wildman–Crippen MR) is 89.9 cm³/mol. The Morgan fingerprint density at radius 3 is 2.25 bits per heavy atom. The van der Waals surface area contributed by atoms with Gasteiger partial charge >= 0.3 is 0 Å². The van der Waals surface area contributed by atoms with E-state index in [1.807, 2.05) is 0 Å². The summed E-state index contributed by atoms with van der Waals surface area (Å²) in [7, 11) is 0. The summed E-state index contributed by atoms with van der Waals surface area (Å²) in [4.78, 5) is 14.4. The van der Waals surface area contributed by atoms with Crippen molar-refractivity contribution in [3.8, 4) is 0 Å². The predicted octanol–water partition coefficient (Wildman–Crippen LogP) is 2.34. The fraction of sp³-hybridized carbons (Fsp3) is 0.929. The molecule has 6 heteroatoms. The highest BCUT2D eigenvalue weighted by Crippen LogP contribution is 2.25. The molecule has 122 valence electrons. The van der Waals surface area contributed by atoms with Crippen molar-refractivity contribution < 1.29 is 4.79 Å². The third-order valence-electron chi connectivity index (χ3n) is 3.90. The van der Waals surface area contributed by atoms with Crippen LogP contribution in [0.5, 0.6) is 0 Å². The van der Waals surface area contributed by atoms with Crippen LogP contribution in [-0.2, 0) is 4.79 Å². The average Bonchev–Trinajstić information content (AvgIpc) is 2.38. The van der Waals surface area contributed by atoms with Crippen molar-refractivity contribution >= 4 is 30.7 Å². The molecule has 0 aromatic heterocycles. The van der Waals surface area contributed by atoms with Gasteiger partial charge in [-0.15, -0.1) is 24.8 Å². The first-order valence-corrected chi connectivity index (χ1v) is 7.42. The molecule has 0 radical (unpaired) electrons. The summed E-state index contributed by atoms with van der Waals surface area (Å²) in [6.07, 6.45) is 6.22. The molecule has 1 saturated carbocycles. The first-order valence-electron chi connectivity index (χ1n) is 7.42. The van der Waals surface area contributed by atoms with E-state index < -0.39 is 5.54 Å². The molecule has 0 atom stereocenters. The lowest BCUT2D eigenvalue weighted by molar-refractivity contribution is -0.127. The van der Waals surface area contributed by atoms with Crippen LogP contribution in [0.3, 0.4) is 0 Å². The Bertz CT molecular complexity index is 259. The van der Waals surface area contributed by atoms with E-state index >= 15 is 0 Å². The first kappa shape index (κ1) is 22.3. The number of carbonyl (C=O) groups is 1. The van der Waals surface area contributed by atoms with Crippen LogP contribution in [0.2, 0.25) is 0 Å². The molecule has 0 aromatic rings. The van der Waals surface area contributed by atoms with Crippen LogP contribution in [0.25, 0.3) is 0 Å². The second-order valence-electron chi connectivity index (χ2n) is 5.41. The molecule has 1 rings (SSSR count). The summed E-state index contributed by atoms with van der Waals surface area (Å²) >= 11 is 0. The lowest BCUT2D eigenvalue weighted by Gasteiger charge is -2.32. The molecule has 0 heterocycles. The highest BCUT2D eigenvalue weighted by atomic mass is 35.5. The van der Waals surface area contributed by atoms with Gasteiger partial charge in [0.25, 0.3) is 0 Å². The van der Waals surface area contributed by atoms with E-state index in [2.05, 4.69) is 24.1 Å². The van der Waals surface area contributed by atoms with Gasteiger partial charge in [0.2, 0.25) is 5.91 Å². The molecule has 1 amide bonds. The van der Waals surface area contributed by atoms with Gasteiger partial charge in [-0.25, -0.2) is 0 Å². The third kappa shape index (κ3) is 7.11. The van der Waals surface area contributed by atoms with E-state index in [9.17, 15) is 4.79 Å². The Morgan fingerprint density at radius 2 is 1.75 bits per heavy atom. The molecular formula is C14H31Cl2N3O. The average molecular weight is 328 g/mol. The van der Waals surface area contributed by atoms with Gasteiger partial charge in [-0.2, -0.15) is 0 Å². The molecule has 1 fully saturated rings. The van der Waals surface area contributed by atoms with Crippen molar-refractivity contribution in [3.05, 3.63) is 0 Å². The minimum Gasteiger partial charge on any atom is -0.353 e. The SMILES string of the molecule is CCCN(CC)CCNC(=O)C1(N)CCCCC1.Cl.Cl. The number of nitrogens with one attached hydrogen (secondary N) is 1. The van der Waals surface area contributed by atoms with Crippen LogP contribution in [0.1, 0.15) is 52.4 Å². The van der Waals surface area contributed by atoms with Crippen LogP contribution in [0.15, 0.2) is 0 Å². The Balaban J connectivity index is 0. The maximum absolute atomic E-state index is 12.1. The minimum atomic E-state index is -0.597. The number of likely N-dealkylation sites (N-methyl/N-ethyl adjacent to an activating group) is 1. The van der Waals surface area contributed by atoms with E-state index in [1.165, 1.54) is 6.42 Å². The molecule has 0 aromatic carbocycles. The van der Waals surface area contributed by atoms with Crippen molar-refractivity contribution in [1.29, 1.82) is 0 Å². The van der Waals surface area contributed by atoms with Gasteiger partial charge in [-0.1, -0.05) is 33.1 Å². The minimum absolute atomic E-state index is 0. The van der Waals surface area contributed by atoms with Crippen LogP contribution in [-0.4, -0.2) is 42.5 Å². The zero-order valence-corrected chi connectivity index (χ0v) is 14.5. The molecule has 0 spiro atoms. The maximum Gasteiger partial charge on any atom is 0.240 e. The van der Waals surface area contributed by atoms with Crippen LogP contribution in [0.4, 0.5) is 0 Å². The van der Waals surface area contributed by atoms with E-state index in [0.717, 1.165) is 51.7 Å². The van der Waals surface area contributed by atoms with Gasteiger partial charge in [-0.05, 0) is 32.4 Å². The number of nitrogens with two attached hydrogens (primary N) is 1. The number of halogens is 2. The highest BCUT2D eigenvalue weighted by Gasteiger charge is 2.34. The van der Waals surface area contributed by atoms with Crippen molar-refractivity contribution in [3.63, 3.8) is 0 Å². The van der Waals surface area contributed by atoms with Crippen molar-refractivity contribution in [2.24, 2.45) is 5.73 Å². The molecule has 3 N–H and O–H groups in total. The number of hydrogen-bond donors (Lipinski definition) is 2. The molecule has 0 bridgehead atoms. The Morgan fingerprint density at radius 1 is 1.15 bits per heavy atom. The summed E-state index contributed by atoms with van der Waals surface area (Å²) < 4.78 is 0. The molecule has 1 aliphatic carbocycles. The molecule has 0 unspecified atom stereocenters. The van der Waals surface area contributed by atoms with E-state index in [1.54, 1.807) is 0 Å². The molecular weight excluding hydrogens is 297 g/mol. The monoisotopic (exact) mass is 327 g/mol. The van der Waals surface area contributed by atoms with Crippen LogP contribution >= 0.6 is 24.8 Å². The standard InChI is InChI=1S/C14H29N3O.2ClH/c1-3-11-17(4-2)12-10-16-13(18)14(15)8-6-5-7-9-14;;/h3-12,15H2,1-2H3,(H,16,18);2*1H. The van der Waals surface area contributed by atoms with Gasteiger partial charge in [0, 0.05) is 13.1 Å². The van der Waals surface area contributed by atoms with Crippen molar-refractivity contribution in [2.45, 2.75) is 57.9 Å². The fourth-order valence-electron chi connectivity index (χ4n) is 2.66. The van der Waals surface area contributed by atoms with Gasteiger partial charge in [0.05, 0.1) is 5.54 Å². The number of amides is 1. The summed E-state index contributed by atoms with van der Waals surface area (Å²) in [5.74, 6) is 0.0507. The largest absolute Gasteiger partial charge is 0.353 e. The Kier molecular flexibility index (Phi) is 12.9. The molecule has 1 aliphatic rings. The fourth-order valence-corrected chi connectivity index (χ4v) is 2.66. The lowest BCUT2D eigenvalue weighted by atomic mass is 9.82. The van der Waals surface area contributed by atoms with Crippen molar-refractivity contribution in [1.82, 2.24) is 10.2 Å². The maximum atomic E-state index is 12.1. The first-order chi connectivity index (χ1) is 8.62. The smallest absolute Gasteiger partial charge is 0.240 e. The topological polar surface area (TPSA) is 58.4 Å². The van der Waals surface area contributed by atoms with Gasteiger partial charge in [-0.3, -0.25) is 4.79 Å². The highest BCUT2D eigenvalue weighted by molar-refractivity contribution is 5.86. The van der Waals surface area contributed by atoms with Gasteiger partial charge in [0.15, 0.2) is 0 Å². The summed E-state index contributed by atoms with van der Waals surface area (Å²) in [5, 5.41) is 3.01. The lowest BCUT2D eigenvalue weighted by Crippen LogP contribution is -2.55. The number of nitrogens with zero attached hydrogens (tertiary/aromatic N) is 1. The number of carbonyl (C=O) groups excluding carboxylic acids is 1. The van der Waals surface area contributed by atoms with Crippen LogP contribution in [0, 0.1) is 0 Å². The number of rotatable bonds is 7. The zero-order chi connectivity index (χ0) is 13.4. The second-order valence-corrected chi connectivity index (χ2v) is 5.41. The summed E-state index contributed by atoms with van der Waals surface area (Å²) in [6.45, 7) is 8.11. The van der Waals surface area contributed by atoms with Crippen LogP contribution < -0.4 is 11.1 Å². The zero-order valence-electron chi connectivity index (χ0n) is 12.8. The quantitative estimate of drug-likeness (QED) is 0.754. The van der Waals surface area contributed by atoms with E-state index in [0.29, 0.717) is 6.54 Å². The van der Waals surface area contributed by atoms with Gasteiger partial charge < -0.3 is 16.0 Å². The Labute approximate surface area is 136 Å². The van der Waals surface area contributed by atoms with Gasteiger partial charge in [0.1, 0.15) is 0 Å². The Hall–Kier alpha value is -0.0300. The van der Waals surface area contributed by atoms with E-state index in [-0.39, 0.29) is 30.7 Å². The molecule has 0 saturated heterocycles. The number of hydrogen-bond acceptors (Lipinski definition) is 3. The molecule has 4 nitrogen and oxygen atoms in total. The second kappa shape index (κ2) is 11.6. The third-order valence-corrected chi connectivity index (χ3v) is 3.90. The molecule has 0 aliphatic heterocycles. The normalized spacial score (nSPS) is 17.0. The molecule has 20 heavy (non-hydrogen) atoms. The summed E-state index contributed by atoms with van der Waals surface area (Å²) in [5.41, 5.74) is 5.59. The van der Waals surface area contributed by atoms with Crippen molar-refractivity contribution in [2.75, 3.05) is 26.2 Å². The van der Waals surface area contributed by atoms with E-state index in [4.69, 9.17) is 5.73 Å².